The number of nitrogens with two attached hydrogens (primary N) is 1. The predicted octanol–water partition coefficient (Wildman–Crippen LogP) is 1.82. The summed E-state index contributed by atoms with van der Waals surface area (Å²) in [5.41, 5.74) is 5.49. The zero-order valence-electron chi connectivity index (χ0n) is 11.6. The lowest BCUT2D eigenvalue weighted by atomic mass is 10.1. The van der Waals surface area contributed by atoms with Crippen molar-refractivity contribution in [2.75, 3.05) is 25.6 Å². The van der Waals surface area contributed by atoms with E-state index in [1.807, 2.05) is 36.2 Å². The summed E-state index contributed by atoms with van der Waals surface area (Å²) in [6.07, 6.45) is 2.22. The summed E-state index contributed by atoms with van der Waals surface area (Å²) in [7, 11) is 3.57. The van der Waals surface area contributed by atoms with Gasteiger partial charge < -0.3 is 20.6 Å². The number of aromatic nitrogens is 1. The molecule has 0 aliphatic carbocycles. The third kappa shape index (κ3) is 2.74. The minimum absolute atomic E-state index is 0.203. The van der Waals surface area contributed by atoms with Gasteiger partial charge in [-0.2, -0.15) is 0 Å². The number of hydrogen-bond donors (Lipinski definition) is 2. The summed E-state index contributed by atoms with van der Waals surface area (Å²) in [4.78, 5) is 6.39. The Labute approximate surface area is 117 Å². The molecule has 0 amide bonds. The third-order valence-corrected chi connectivity index (χ3v) is 3.16. The van der Waals surface area contributed by atoms with Gasteiger partial charge >= 0.3 is 0 Å². The second-order valence-corrected chi connectivity index (χ2v) is 4.45. The van der Waals surface area contributed by atoms with Crippen LogP contribution in [0, 0.1) is 0 Å². The van der Waals surface area contributed by atoms with Crippen LogP contribution in [0.25, 0.3) is 10.8 Å². The highest BCUT2D eigenvalue weighted by Gasteiger charge is 2.10. The number of oxime groups is 1. The van der Waals surface area contributed by atoms with E-state index in [9.17, 15) is 0 Å². The zero-order chi connectivity index (χ0) is 14.5. The Kier molecular flexibility index (Phi) is 4.24. The van der Waals surface area contributed by atoms with Crippen LogP contribution in [0.1, 0.15) is 6.42 Å². The highest BCUT2D eigenvalue weighted by Crippen LogP contribution is 2.30. The fourth-order valence-electron chi connectivity index (χ4n) is 2.08. The fourth-order valence-corrected chi connectivity index (χ4v) is 2.08. The number of ether oxygens (including phenoxy) is 1. The molecule has 1 heterocycles. The van der Waals surface area contributed by atoms with E-state index in [4.69, 9.17) is 15.7 Å². The first-order chi connectivity index (χ1) is 9.67. The second-order valence-electron chi connectivity index (χ2n) is 4.45. The molecule has 0 bridgehead atoms. The first kappa shape index (κ1) is 13.9. The average Bonchev–Trinajstić information content (AvgIpc) is 2.50. The Morgan fingerprint density at radius 3 is 2.90 bits per heavy atom. The molecule has 6 nitrogen and oxygen atoms in total. The number of fused-ring (bicyclic) bond motifs is 1. The molecule has 0 fully saturated rings. The number of hydrogen-bond acceptors (Lipinski definition) is 5. The maximum atomic E-state index is 8.57. The Bertz CT molecular complexity index is 628. The van der Waals surface area contributed by atoms with Gasteiger partial charge in [0.1, 0.15) is 17.4 Å². The van der Waals surface area contributed by atoms with Crippen LogP contribution in [-0.2, 0) is 0 Å². The molecule has 1 aromatic carbocycles. The largest absolute Gasteiger partial charge is 0.496 e. The fraction of sp³-hybridized carbons (Fsp3) is 0.286. The van der Waals surface area contributed by atoms with Crippen LogP contribution in [0.15, 0.2) is 35.6 Å². The van der Waals surface area contributed by atoms with Crippen molar-refractivity contribution in [2.45, 2.75) is 6.42 Å². The molecule has 106 valence electrons. The van der Waals surface area contributed by atoms with Gasteiger partial charge in [-0.15, -0.1) is 0 Å². The minimum Gasteiger partial charge on any atom is -0.496 e. The van der Waals surface area contributed by atoms with E-state index in [1.165, 1.54) is 0 Å². The average molecular weight is 274 g/mol. The van der Waals surface area contributed by atoms with Gasteiger partial charge in [0.05, 0.1) is 7.11 Å². The molecule has 0 unspecified atom stereocenters. The number of pyridine rings is 1. The number of methoxy groups -OCH3 is 1. The summed E-state index contributed by atoms with van der Waals surface area (Å²) < 4.78 is 5.36. The van der Waals surface area contributed by atoms with Crippen molar-refractivity contribution in [1.29, 1.82) is 0 Å². The van der Waals surface area contributed by atoms with Crippen LogP contribution < -0.4 is 15.4 Å². The molecule has 0 saturated carbocycles. The van der Waals surface area contributed by atoms with Gasteiger partial charge in [0.2, 0.25) is 0 Å². The zero-order valence-corrected chi connectivity index (χ0v) is 11.6. The van der Waals surface area contributed by atoms with Gasteiger partial charge in [-0.3, -0.25) is 0 Å². The Balaban J connectivity index is 2.34. The molecule has 0 aliphatic rings. The van der Waals surface area contributed by atoms with Gasteiger partial charge in [-0.25, -0.2) is 4.98 Å². The number of rotatable bonds is 5. The van der Waals surface area contributed by atoms with Crippen LogP contribution in [-0.4, -0.2) is 36.7 Å². The highest BCUT2D eigenvalue weighted by atomic mass is 16.5. The van der Waals surface area contributed by atoms with E-state index in [2.05, 4.69) is 10.1 Å². The van der Waals surface area contributed by atoms with Crippen LogP contribution in [0.4, 0.5) is 5.82 Å². The standard InChI is InChI=1S/C14H18N4O2/c1-18(9-7-13(15)17-19)14-11-4-3-5-12(20-2)10(11)6-8-16-14/h3-6,8,19H,7,9H2,1-2H3,(H2,15,17). The third-order valence-electron chi connectivity index (χ3n) is 3.16. The normalized spacial score (nSPS) is 11.6. The van der Waals surface area contributed by atoms with Crippen LogP contribution in [0.5, 0.6) is 5.75 Å². The molecule has 0 spiro atoms. The van der Waals surface area contributed by atoms with Gasteiger partial charge in [0.25, 0.3) is 0 Å². The lowest BCUT2D eigenvalue weighted by Crippen LogP contribution is -2.25. The van der Waals surface area contributed by atoms with Gasteiger partial charge in [-0.05, 0) is 12.1 Å². The quantitative estimate of drug-likeness (QED) is 0.376. The van der Waals surface area contributed by atoms with Crippen molar-refractivity contribution >= 4 is 22.4 Å². The smallest absolute Gasteiger partial charge is 0.140 e. The Hall–Kier alpha value is -2.50. The molecule has 0 aliphatic heterocycles. The van der Waals surface area contributed by atoms with Gasteiger partial charge in [0.15, 0.2) is 0 Å². The van der Waals surface area contributed by atoms with Crippen LogP contribution in [0.2, 0.25) is 0 Å². The highest BCUT2D eigenvalue weighted by molar-refractivity contribution is 5.96. The van der Waals surface area contributed by atoms with Crippen LogP contribution >= 0.6 is 0 Å². The van der Waals surface area contributed by atoms with Crippen molar-refractivity contribution in [2.24, 2.45) is 10.9 Å². The second kappa shape index (κ2) is 6.10. The van der Waals surface area contributed by atoms with E-state index in [-0.39, 0.29) is 5.84 Å². The molecule has 0 saturated heterocycles. The molecule has 6 heteroatoms. The van der Waals surface area contributed by atoms with Crippen molar-refractivity contribution < 1.29 is 9.94 Å². The summed E-state index contributed by atoms with van der Waals surface area (Å²) >= 11 is 0. The summed E-state index contributed by atoms with van der Waals surface area (Å²) in [6.45, 7) is 0.610. The minimum atomic E-state index is 0.203. The predicted molar refractivity (Wildman–Crippen MR) is 79.6 cm³/mol. The molecule has 20 heavy (non-hydrogen) atoms. The molecule has 1 aromatic heterocycles. The maximum absolute atomic E-state index is 8.57. The van der Waals surface area contributed by atoms with Crippen molar-refractivity contribution in [3.63, 3.8) is 0 Å². The van der Waals surface area contributed by atoms with E-state index < -0.39 is 0 Å². The molecular weight excluding hydrogens is 256 g/mol. The van der Waals surface area contributed by atoms with Gasteiger partial charge in [-0.1, -0.05) is 17.3 Å². The molecular formula is C14H18N4O2. The lowest BCUT2D eigenvalue weighted by molar-refractivity contribution is 0.317. The van der Waals surface area contributed by atoms with E-state index >= 15 is 0 Å². The van der Waals surface area contributed by atoms with Gasteiger partial charge in [0, 0.05) is 37.0 Å². The topological polar surface area (TPSA) is 84.0 Å². The monoisotopic (exact) mass is 274 g/mol. The maximum Gasteiger partial charge on any atom is 0.140 e. The van der Waals surface area contributed by atoms with Crippen molar-refractivity contribution in [3.8, 4) is 5.75 Å². The number of amidine groups is 1. The number of benzene rings is 1. The Morgan fingerprint density at radius 2 is 2.20 bits per heavy atom. The van der Waals surface area contributed by atoms with Crippen molar-refractivity contribution in [1.82, 2.24) is 4.98 Å². The van der Waals surface area contributed by atoms with E-state index in [0.29, 0.717) is 13.0 Å². The first-order valence-electron chi connectivity index (χ1n) is 6.26. The number of anilines is 1. The van der Waals surface area contributed by atoms with E-state index in [1.54, 1.807) is 13.3 Å². The molecule has 0 atom stereocenters. The summed E-state index contributed by atoms with van der Waals surface area (Å²) in [6, 6.07) is 7.78. The molecule has 2 rings (SSSR count). The molecule has 3 N–H and O–H groups in total. The first-order valence-corrected chi connectivity index (χ1v) is 6.26. The Morgan fingerprint density at radius 1 is 1.40 bits per heavy atom. The lowest BCUT2D eigenvalue weighted by Gasteiger charge is -2.20. The van der Waals surface area contributed by atoms with Crippen LogP contribution in [0.3, 0.4) is 0 Å². The molecule has 2 aromatic rings. The number of nitrogens with zero attached hydrogens (tertiary/aromatic N) is 3. The molecule has 0 radical (unpaired) electrons. The summed E-state index contributed by atoms with van der Waals surface area (Å²) in [5, 5.41) is 13.6. The summed E-state index contributed by atoms with van der Waals surface area (Å²) in [5.74, 6) is 1.86. The van der Waals surface area contributed by atoms with E-state index in [0.717, 1.165) is 22.3 Å². The SMILES string of the molecule is COc1cccc2c(N(C)CC/C(N)=N/O)nccc12. The van der Waals surface area contributed by atoms with Crippen molar-refractivity contribution in [3.05, 3.63) is 30.5 Å².